The lowest BCUT2D eigenvalue weighted by molar-refractivity contribution is 0.100. The molecular weight excluding hydrogens is 264 g/mol. The Morgan fingerprint density at radius 3 is 2.67 bits per heavy atom. The number of anilines is 3. The van der Waals surface area contributed by atoms with Crippen molar-refractivity contribution in [2.24, 2.45) is 5.73 Å². The number of nitrogens with two attached hydrogens (primary N) is 2. The van der Waals surface area contributed by atoms with E-state index in [-0.39, 0.29) is 5.56 Å². The zero-order valence-corrected chi connectivity index (χ0v) is 12.5. The number of hydrogen-bond acceptors (Lipinski definition) is 4. The molecule has 0 saturated carbocycles. The molecule has 5 nitrogen and oxygen atoms in total. The van der Waals surface area contributed by atoms with Crippen LogP contribution in [0, 0.1) is 6.92 Å². The normalized spacial score (nSPS) is 10.7. The lowest BCUT2D eigenvalue weighted by atomic mass is 9.98. The average molecular weight is 284 g/mol. The fourth-order valence-corrected chi connectivity index (χ4v) is 2.23. The van der Waals surface area contributed by atoms with Crippen molar-refractivity contribution >= 4 is 23.1 Å². The van der Waals surface area contributed by atoms with Crippen LogP contribution in [0.25, 0.3) is 0 Å². The van der Waals surface area contributed by atoms with Crippen molar-refractivity contribution in [2.45, 2.75) is 26.7 Å². The van der Waals surface area contributed by atoms with Crippen molar-refractivity contribution in [3.63, 3.8) is 0 Å². The topological polar surface area (TPSA) is 94.0 Å². The van der Waals surface area contributed by atoms with Crippen LogP contribution < -0.4 is 16.8 Å². The van der Waals surface area contributed by atoms with Crippen LogP contribution in [0.2, 0.25) is 0 Å². The van der Waals surface area contributed by atoms with E-state index in [0.717, 1.165) is 16.8 Å². The van der Waals surface area contributed by atoms with Gasteiger partial charge in [-0.3, -0.25) is 4.79 Å². The predicted octanol–water partition coefficient (Wildman–Crippen LogP) is 2.94. The molecule has 1 aromatic carbocycles. The zero-order valence-electron chi connectivity index (χ0n) is 12.5. The van der Waals surface area contributed by atoms with Crippen LogP contribution in [-0.2, 0) is 0 Å². The maximum absolute atomic E-state index is 11.6. The van der Waals surface area contributed by atoms with Crippen LogP contribution in [0.5, 0.6) is 0 Å². The van der Waals surface area contributed by atoms with Gasteiger partial charge in [-0.05, 0) is 30.0 Å². The number of amides is 1. The molecule has 0 aliphatic heterocycles. The van der Waals surface area contributed by atoms with Gasteiger partial charge in [0.1, 0.15) is 5.82 Å². The van der Waals surface area contributed by atoms with Gasteiger partial charge in [0.15, 0.2) is 0 Å². The quantitative estimate of drug-likeness (QED) is 0.804. The smallest absolute Gasteiger partial charge is 0.252 e. The number of nitrogen functional groups attached to an aromatic ring is 1. The SMILES string of the molecule is Cc1cccc(C(C)C)c1Nc1ncc(N)cc1C(N)=O. The minimum Gasteiger partial charge on any atom is -0.397 e. The molecule has 0 unspecified atom stereocenters. The van der Waals surface area contributed by atoms with Gasteiger partial charge in [0.25, 0.3) is 5.91 Å². The first-order valence-corrected chi connectivity index (χ1v) is 6.82. The fraction of sp³-hybridized carbons (Fsp3) is 0.250. The van der Waals surface area contributed by atoms with Gasteiger partial charge in [-0.1, -0.05) is 32.0 Å². The maximum Gasteiger partial charge on any atom is 0.252 e. The molecule has 0 aliphatic carbocycles. The first-order chi connectivity index (χ1) is 9.90. The second-order valence-electron chi connectivity index (χ2n) is 5.35. The van der Waals surface area contributed by atoms with Crippen LogP contribution in [0.4, 0.5) is 17.2 Å². The molecule has 0 fully saturated rings. The Bertz CT molecular complexity index is 680. The van der Waals surface area contributed by atoms with Gasteiger partial charge in [-0.25, -0.2) is 4.98 Å². The molecule has 0 bridgehead atoms. The lowest BCUT2D eigenvalue weighted by Gasteiger charge is -2.18. The maximum atomic E-state index is 11.6. The Hall–Kier alpha value is -2.56. The zero-order chi connectivity index (χ0) is 15.6. The second-order valence-corrected chi connectivity index (χ2v) is 5.35. The summed E-state index contributed by atoms with van der Waals surface area (Å²) < 4.78 is 0. The van der Waals surface area contributed by atoms with Crippen molar-refractivity contribution in [1.82, 2.24) is 4.98 Å². The van der Waals surface area contributed by atoms with E-state index in [2.05, 4.69) is 30.2 Å². The number of pyridine rings is 1. The number of aryl methyl sites for hydroxylation is 1. The molecule has 1 aromatic heterocycles. The number of benzene rings is 1. The molecule has 0 spiro atoms. The Morgan fingerprint density at radius 1 is 1.33 bits per heavy atom. The van der Waals surface area contributed by atoms with E-state index in [1.54, 1.807) is 0 Å². The number of rotatable bonds is 4. The lowest BCUT2D eigenvalue weighted by Crippen LogP contribution is -2.15. The third-order valence-electron chi connectivity index (χ3n) is 3.34. The number of hydrogen-bond donors (Lipinski definition) is 3. The molecular formula is C16H20N4O. The van der Waals surface area contributed by atoms with Gasteiger partial charge in [0.05, 0.1) is 17.4 Å². The minimum absolute atomic E-state index is 0.285. The van der Waals surface area contributed by atoms with Crippen molar-refractivity contribution in [2.75, 3.05) is 11.1 Å². The largest absolute Gasteiger partial charge is 0.397 e. The summed E-state index contributed by atoms with van der Waals surface area (Å²) in [5, 5.41) is 3.23. The number of nitrogens with one attached hydrogen (secondary N) is 1. The highest BCUT2D eigenvalue weighted by molar-refractivity contribution is 5.99. The number of primary amides is 1. The average Bonchev–Trinajstić information content (AvgIpc) is 2.42. The second kappa shape index (κ2) is 5.83. The summed E-state index contributed by atoms with van der Waals surface area (Å²) in [6, 6.07) is 7.61. The van der Waals surface area contributed by atoms with E-state index in [0.29, 0.717) is 17.4 Å². The van der Waals surface area contributed by atoms with Crippen LogP contribution in [0.3, 0.4) is 0 Å². The minimum atomic E-state index is -0.558. The van der Waals surface area contributed by atoms with Crippen LogP contribution in [0.15, 0.2) is 30.5 Å². The summed E-state index contributed by atoms with van der Waals surface area (Å²) in [5.74, 6) is 0.211. The summed E-state index contributed by atoms with van der Waals surface area (Å²) in [5.41, 5.74) is 14.9. The van der Waals surface area contributed by atoms with Crippen molar-refractivity contribution in [3.05, 3.63) is 47.2 Å². The highest BCUT2D eigenvalue weighted by Gasteiger charge is 2.14. The van der Waals surface area contributed by atoms with Crippen molar-refractivity contribution in [1.29, 1.82) is 0 Å². The molecule has 2 rings (SSSR count). The summed E-state index contributed by atoms with van der Waals surface area (Å²) in [4.78, 5) is 15.8. The van der Waals surface area contributed by atoms with E-state index in [1.165, 1.54) is 12.3 Å². The van der Waals surface area contributed by atoms with Gasteiger partial charge in [0.2, 0.25) is 0 Å². The van der Waals surface area contributed by atoms with Gasteiger partial charge < -0.3 is 16.8 Å². The Labute approximate surface area is 124 Å². The predicted molar refractivity (Wildman–Crippen MR) is 85.7 cm³/mol. The van der Waals surface area contributed by atoms with E-state index in [9.17, 15) is 4.79 Å². The molecule has 110 valence electrons. The highest BCUT2D eigenvalue weighted by atomic mass is 16.1. The molecule has 21 heavy (non-hydrogen) atoms. The van der Waals surface area contributed by atoms with Crippen molar-refractivity contribution < 1.29 is 4.79 Å². The molecule has 5 heteroatoms. The summed E-state index contributed by atoms with van der Waals surface area (Å²) in [7, 11) is 0. The number of nitrogens with zero attached hydrogens (tertiary/aromatic N) is 1. The van der Waals surface area contributed by atoms with Gasteiger partial charge in [-0.15, -0.1) is 0 Å². The number of para-hydroxylation sites is 1. The number of carbonyl (C=O) groups is 1. The van der Waals surface area contributed by atoms with Gasteiger partial charge in [0, 0.05) is 5.69 Å². The van der Waals surface area contributed by atoms with Crippen LogP contribution >= 0.6 is 0 Å². The summed E-state index contributed by atoms with van der Waals surface area (Å²) >= 11 is 0. The summed E-state index contributed by atoms with van der Waals surface area (Å²) in [6.07, 6.45) is 1.50. The van der Waals surface area contributed by atoms with Gasteiger partial charge in [-0.2, -0.15) is 0 Å². The highest BCUT2D eigenvalue weighted by Crippen LogP contribution is 2.30. The number of aromatic nitrogens is 1. The molecule has 0 atom stereocenters. The van der Waals surface area contributed by atoms with Gasteiger partial charge >= 0.3 is 0 Å². The molecule has 0 aliphatic rings. The third kappa shape index (κ3) is 3.13. The first-order valence-electron chi connectivity index (χ1n) is 6.82. The van der Waals surface area contributed by atoms with E-state index in [1.807, 2.05) is 19.1 Å². The van der Waals surface area contributed by atoms with Crippen molar-refractivity contribution in [3.8, 4) is 0 Å². The van der Waals surface area contributed by atoms with Crippen LogP contribution in [-0.4, -0.2) is 10.9 Å². The van der Waals surface area contributed by atoms with E-state index >= 15 is 0 Å². The molecule has 1 heterocycles. The molecule has 1 amide bonds. The Kier molecular flexibility index (Phi) is 4.12. The Morgan fingerprint density at radius 2 is 2.05 bits per heavy atom. The third-order valence-corrected chi connectivity index (χ3v) is 3.34. The van der Waals surface area contributed by atoms with E-state index in [4.69, 9.17) is 11.5 Å². The first kappa shape index (κ1) is 14.8. The number of carbonyl (C=O) groups excluding carboxylic acids is 1. The standard InChI is InChI=1S/C16H20N4O/c1-9(2)12-6-4-5-10(3)14(12)20-16-13(15(18)21)7-11(17)8-19-16/h4-9H,17H2,1-3H3,(H2,18,21)(H,19,20). The monoisotopic (exact) mass is 284 g/mol. The van der Waals surface area contributed by atoms with E-state index < -0.39 is 5.91 Å². The molecule has 0 radical (unpaired) electrons. The summed E-state index contributed by atoms with van der Waals surface area (Å²) in [6.45, 7) is 6.24. The fourth-order valence-electron chi connectivity index (χ4n) is 2.23. The van der Waals surface area contributed by atoms with Crippen LogP contribution in [0.1, 0.15) is 41.3 Å². The molecule has 5 N–H and O–H groups in total. The Balaban J connectivity index is 2.51. The molecule has 0 saturated heterocycles. The molecule has 2 aromatic rings.